The molecule has 0 radical (unpaired) electrons. The highest BCUT2D eigenvalue weighted by atomic mass is 19.2. The number of rotatable bonds is 0. The maximum atomic E-state index is 12.0. The summed E-state index contributed by atoms with van der Waals surface area (Å²) in [6.07, 6.45) is -0.158. The summed E-state index contributed by atoms with van der Waals surface area (Å²) in [6.45, 7) is 0. The van der Waals surface area contributed by atoms with Crippen LogP contribution in [0.1, 0.15) is 0 Å². The van der Waals surface area contributed by atoms with Gasteiger partial charge >= 0.3 is 0 Å². The number of allylic oxidation sites excluding steroid dienone is 1. The van der Waals surface area contributed by atoms with Crippen LogP contribution in [0.15, 0.2) is 17.3 Å². The Kier molecular flexibility index (Phi) is 1.44. The van der Waals surface area contributed by atoms with E-state index in [0.717, 1.165) is 12.3 Å². The fourth-order valence-corrected chi connectivity index (χ4v) is 0.418. The Bertz CT molecular complexity index is 168. The number of halogens is 2. The average molecular weight is 134 g/mol. The lowest BCUT2D eigenvalue weighted by Gasteiger charge is -2.14. The Balaban J connectivity index is 2.70. The molecule has 0 saturated carbocycles. The van der Waals surface area contributed by atoms with Gasteiger partial charge in [0.1, 0.15) is 0 Å². The van der Waals surface area contributed by atoms with Crippen LogP contribution in [-0.2, 0) is 0 Å². The van der Waals surface area contributed by atoms with Crippen molar-refractivity contribution < 1.29 is 14.0 Å². The van der Waals surface area contributed by atoms with E-state index >= 15 is 0 Å². The normalized spacial score (nSPS) is 26.3. The highest BCUT2D eigenvalue weighted by molar-refractivity contribution is 5.86. The molecule has 0 aliphatic carbocycles. The number of nitrogens with zero attached hydrogens (tertiary/aromatic N) is 2. The van der Waals surface area contributed by atoms with Gasteiger partial charge in [-0.15, -0.1) is 0 Å². The van der Waals surface area contributed by atoms with E-state index in [1.807, 2.05) is 0 Å². The Hall–Kier alpha value is -0.970. The second-order valence-electron chi connectivity index (χ2n) is 1.46. The summed E-state index contributed by atoms with van der Waals surface area (Å²) in [5.74, 6) is -0.878. The van der Waals surface area contributed by atoms with Crippen molar-refractivity contribution in [2.75, 3.05) is 0 Å². The number of hydrogen-bond donors (Lipinski definition) is 1. The van der Waals surface area contributed by atoms with E-state index in [-0.39, 0.29) is 5.12 Å². The van der Waals surface area contributed by atoms with Gasteiger partial charge in [0, 0.05) is 12.3 Å². The molecule has 0 spiro atoms. The van der Waals surface area contributed by atoms with E-state index in [0.29, 0.717) is 0 Å². The second kappa shape index (κ2) is 2.10. The number of hydrogen-bond acceptors (Lipinski definition) is 3. The van der Waals surface area contributed by atoms with Gasteiger partial charge in [-0.25, -0.2) is 4.99 Å². The highest BCUT2D eigenvalue weighted by Crippen LogP contribution is 2.06. The summed E-state index contributed by atoms with van der Waals surface area (Å²) in [6, 6.07) is 0. The zero-order valence-electron chi connectivity index (χ0n) is 4.33. The van der Waals surface area contributed by atoms with E-state index in [2.05, 4.69) is 4.99 Å². The van der Waals surface area contributed by atoms with Gasteiger partial charge in [0.15, 0.2) is 0 Å². The van der Waals surface area contributed by atoms with Gasteiger partial charge in [0.05, 0.1) is 0 Å². The molecule has 1 unspecified atom stereocenters. The minimum atomic E-state index is -1.73. The van der Waals surface area contributed by atoms with Crippen LogP contribution in [-0.4, -0.2) is 22.5 Å². The molecule has 0 aromatic rings. The summed E-state index contributed by atoms with van der Waals surface area (Å²) in [4.78, 5) is 2.83. The smallest absolute Gasteiger partial charge is 0.255 e. The van der Waals surface area contributed by atoms with E-state index < -0.39 is 12.3 Å². The summed E-state index contributed by atoms with van der Waals surface area (Å²) < 4.78 is 23.9. The van der Waals surface area contributed by atoms with Crippen LogP contribution in [0.5, 0.6) is 0 Å². The van der Waals surface area contributed by atoms with Crippen LogP contribution in [0.2, 0.25) is 0 Å². The van der Waals surface area contributed by atoms with Crippen LogP contribution in [0.25, 0.3) is 0 Å². The van der Waals surface area contributed by atoms with E-state index in [9.17, 15) is 8.87 Å². The van der Waals surface area contributed by atoms with Gasteiger partial charge < -0.3 is 5.11 Å². The van der Waals surface area contributed by atoms with Crippen molar-refractivity contribution in [3.05, 3.63) is 12.3 Å². The van der Waals surface area contributed by atoms with E-state index in [1.165, 1.54) is 0 Å². The first-order valence-electron chi connectivity index (χ1n) is 2.24. The van der Waals surface area contributed by atoms with Crippen LogP contribution in [0.3, 0.4) is 0 Å². The molecule has 1 atom stereocenters. The first-order valence-corrected chi connectivity index (χ1v) is 2.24. The lowest BCUT2D eigenvalue weighted by atomic mass is 10.5. The fraction of sp³-hybridized carbons (Fsp3) is 0.250. The molecule has 0 saturated heterocycles. The van der Waals surface area contributed by atoms with E-state index in [1.54, 1.807) is 0 Å². The highest BCUT2D eigenvalue weighted by Gasteiger charge is 2.13. The van der Waals surface area contributed by atoms with Crippen LogP contribution in [0.4, 0.5) is 8.87 Å². The second-order valence-corrected chi connectivity index (χ2v) is 1.46. The molecule has 5 heteroatoms. The third-order valence-corrected chi connectivity index (χ3v) is 0.814. The Morgan fingerprint density at radius 1 is 1.78 bits per heavy atom. The first-order chi connectivity index (χ1) is 4.20. The van der Waals surface area contributed by atoms with Crippen molar-refractivity contribution in [3.63, 3.8) is 0 Å². The molecule has 1 aliphatic heterocycles. The molecular formula is C4H4F2N2O. The number of aliphatic hydroxyl groups excluding tert-OH is 1. The van der Waals surface area contributed by atoms with Crippen LogP contribution >= 0.6 is 0 Å². The van der Waals surface area contributed by atoms with Crippen molar-refractivity contribution in [2.45, 2.75) is 6.35 Å². The maximum absolute atomic E-state index is 12.0. The minimum Gasteiger partial charge on any atom is -0.353 e. The average Bonchev–Trinajstić information content (AvgIpc) is 1.80. The molecule has 0 amide bonds. The van der Waals surface area contributed by atoms with Gasteiger partial charge in [0.25, 0.3) is 6.35 Å². The SMILES string of the molecule is OC1N=C(F)C=CN1F. The van der Waals surface area contributed by atoms with Crippen LogP contribution in [0, 0.1) is 0 Å². The third kappa shape index (κ3) is 1.23. The molecule has 50 valence electrons. The predicted molar refractivity (Wildman–Crippen MR) is 26.6 cm³/mol. The Morgan fingerprint density at radius 2 is 2.44 bits per heavy atom. The van der Waals surface area contributed by atoms with Gasteiger partial charge in [-0.3, -0.25) is 0 Å². The number of aliphatic imine (C=N–C) groups is 1. The van der Waals surface area contributed by atoms with Crippen LogP contribution < -0.4 is 0 Å². The van der Waals surface area contributed by atoms with Gasteiger partial charge in [0.2, 0.25) is 5.97 Å². The van der Waals surface area contributed by atoms with E-state index in [4.69, 9.17) is 5.11 Å². The Morgan fingerprint density at radius 3 is 2.89 bits per heavy atom. The molecular weight excluding hydrogens is 130 g/mol. The molecule has 1 heterocycles. The monoisotopic (exact) mass is 134 g/mol. The topological polar surface area (TPSA) is 35.8 Å². The van der Waals surface area contributed by atoms with Crippen molar-refractivity contribution >= 4 is 5.97 Å². The largest absolute Gasteiger partial charge is 0.353 e. The van der Waals surface area contributed by atoms with Crippen molar-refractivity contribution in [1.29, 1.82) is 0 Å². The molecule has 3 nitrogen and oxygen atoms in total. The summed E-state index contributed by atoms with van der Waals surface area (Å²) in [7, 11) is 0. The third-order valence-electron chi connectivity index (χ3n) is 0.814. The molecule has 0 aromatic carbocycles. The van der Waals surface area contributed by atoms with Gasteiger partial charge in [-0.1, -0.05) is 4.48 Å². The fourth-order valence-electron chi connectivity index (χ4n) is 0.418. The van der Waals surface area contributed by atoms with Crippen molar-refractivity contribution in [3.8, 4) is 0 Å². The quantitative estimate of drug-likeness (QED) is 0.485. The van der Waals surface area contributed by atoms with Crippen molar-refractivity contribution in [2.24, 2.45) is 4.99 Å². The summed E-state index contributed by atoms with van der Waals surface area (Å²) >= 11 is 0. The lowest BCUT2D eigenvalue weighted by Crippen LogP contribution is -2.24. The minimum absolute atomic E-state index is 0.108. The molecule has 0 fully saturated rings. The van der Waals surface area contributed by atoms with Crippen molar-refractivity contribution in [1.82, 2.24) is 5.12 Å². The predicted octanol–water partition coefficient (Wildman–Crippen LogP) is 0.344. The van der Waals surface area contributed by atoms with Gasteiger partial charge in [-0.05, 0) is 0 Å². The van der Waals surface area contributed by atoms with Gasteiger partial charge in [-0.2, -0.15) is 9.51 Å². The Labute approximate surface area is 49.9 Å². The lowest BCUT2D eigenvalue weighted by molar-refractivity contribution is -0.0786. The molecule has 1 rings (SSSR count). The first kappa shape index (κ1) is 6.15. The zero-order valence-corrected chi connectivity index (χ0v) is 4.33. The molecule has 9 heavy (non-hydrogen) atoms. The summed E-state index contributed by atoms with van der Waals surface area (Å²) in [5.41, 5.74) is 0. The zero-order chi connectivity index (χ0) is 6.85. The molecule has 0 aromatic heterocycles. The molecule has 1 aliphatic rings. The standard InChI is InChI=1S/C4H4F2N2O/c5-3-1-2-8(6)4(9)7-3/h1-2,4,9H. The number of aliphatic hydroxyl groups is 1. The maximum Gasteiger partial charge on any atom is 0.255 e. The molecule has 1 N–H and O–H groups in total. The molecule has 0 bridgehead atoms. The summed E-state index contributed by atoms with van der Waals surface area (Å²) in [5, 5.41) is 8.31.